The maximum Gasteiger partial charge on any atom is 0.343 e. The summed E-state index contributed by atoms with van der Waals surface area (Å²) in [6.07, 6.45) is 1.51. The third-order valence-corrected chi connectivity index (χ3v) is 9.41. The van der Waals surface area contributed by atoms with E-state index in [-0.39, 0.29) is 29.3 Å². The zero-order chi connectivity index (χ0) is 31.6. The van der Waals surface area contributed by atoms with Crippen molar-refractivity contribution >= 4 is 56.7 Å². The van der Waals surface area contributed by atoms with E-state index in [4.69, 9.17) is 32.4 Å². The molecule has 3 aromatic carbocycles. The number of furan rings is 1. The van der Waals surface area contributed by atoms with Crippen molar-refractivity contribution in [1.82, 2.24) is 4.31 Å². The molecule has 0 fully saturated rings. The number of esters is 1. The van der Waals surface area contributed by atoms with Gasteiger partial charge in [0.15, 0.2) is 0 Å². The number of carbonyl (C=O) groups is 2. The number of aryl methyl sites for hydroxylation is 1. The molecule has 0 saturated carbocycles. The average molecular weight is 652 g/mol. The number of nitrogens with zero attached hydrogens (tertiary/aromatic N) is 2. The number of hydrogen-bond acceptors (Lipinski definition) is 7. The maximum atomic E-state index is 13.8. The number of methoxy groups -OCH3 is 1. The molecule has 4 aromatic rings. The minimum absolute atomic E-state index is 0.0684. The quantitative estimate of drug-likeness (QED) is 0.108. The predicted molar refractivity (Wildman–Crippen MR) is 169 cm³/mol. The zero-order valence-corrected chi connectivity index (χ0v) is 26.4. The fourth-order valence-electron chi connectivity index (χ4n) is 4.83. The van der Waals surface area contributed by atoms with E-state index in [9.17, 15) is 18.0 Å². The summed E-state index contributed by atoms with van der Waals surface area (Å²) < 4.78 is 39.8. The molecule has 44 heavy (non-hydrogen) atoms. The van der Waals surface area contributed by atoms with Crippen molar-refractivity contribution < 1.29 is 27.2 Å². The molecule has 5 rings (SSSR count). The van der Waals surface area contributed by atoms with Gasteiger partial charge in [0.1, 0.15) is 17.1 Å². The van der Waals surface area contributed by atoms with E-state index in [1.807, 2.05) is 6.92 Å². The number of anilines is 1. The van der Waals surface area contributed by atoms with Crippen molar-refractivity contribution in [2.75, 3.05) is 12.0 Å². The van der Waals surface area contributed by atoms with Gasteiger partial charge >= 0.3 is 5.97 Å². The van der Waals surface area contributed by atoms with Crippen LogP contribution in [-0.4, -0.2) is 31.6 Å². The highest BCUT2D eigenvalue weighted by molar-refractivity contribution is 7.89. The van der Waals surface area contributed by atoms with Crippen LogP contribution in [0.25, 0.3) is 6.08 Å². The van der Waals surface area contributed by atoms with Gasteiger partial charge in [-0.1, -0.05) is 53.0 Å². The highest BCUT2D eigenvalue weighted by Crippen LogP contribution is 2.36. The number of carbonyl (C=O) groups excluding carboxylic acids is 2. The molecule has 0 spiro atoms. The molecule has 8 nitrogen and oxygen atoms in total. The third kappa shape index (κ3) is 6.51. The Labute approximate surface area is 265 Å². The van der Waals surface area contributed by atoms with Crippen LogP contribution in [0.3, 0.4) is 0 Å². The Kier molecular flexibility index (Phi) is 9.12. The van der Waals surface area contributed by atoms with Crippen LogP contribution in [0.1, 0.15) is 29.6 Å². The number of sulfonamides is 1. The Balaban J connectivity index is 1.49. The number of ether oxygens (including phenoxy) is 1. The van der Waals surface area contributed by atoms with Gasteiger partial charge in [0, 0.05) is 34.1 Å². The highest BCUT2D eigenvalue weighted by atomic mass is 35.5. The smallest absolute Gasteiger partial charge is 0.343 e. The van der Waals surface area contributed by atoms with Crippen molar-refractivity contribution in [3.8, 4) is 0 Å². The molecule has 1 aliphatic heterocycles. The van der Waals surface area contributed by atoms with E-state index >= 15 is 0 Å². The molecule has 0 radical (unpaired) electrons. The van der Waals surface area contributed by atoms with Crippen molar-refractivity contribution in [2.45, 2.75) is 31.8 Å². The van der Waals surface area contributed by atoms with Crippen molar-refractivity contribution in [2.24, 2.45) is 0 Å². The summed E-state index contributed by atoms with van der Waals surface area (Å²) in [5, 5.41) is 1.05. The fourth-order valence-corrected chi connectivity index (χ4v) is 6.47. The number of Topliss-reactive ketones (excluding diaryl/α,β-unsaturated/α-hetero) is 1. The Morgan fingerprint density at radius 2 is 1.50 bits per heavy atom. The molecule has 0 amide bonds. The second-order valence-electron chi connectivity index (χ2n) is 10.1. The maximum absolute atomic E-state index is 13.8. The predicted octanol–water partition coefficient (Wildman–Crippen LogP) is 7.16. The first-order valence-electron chi connectivity index (χ1n) is 13.5. The van der Waals surface area contributed by atoms with E-state index in [1.165, 1.54) is 17.5 Å². The number of allylic oxidation sites excluding steroid dienone is 2. The first-order valence-corrected chi connectivity index (χ1v) is 15.7. The van der Waals surface area contributed by atoms with Crippen LogP contribution in [0.2, 0.25) is 10.0 Å². The Morgan fingerprint density at radius 1 is 0.886 bits per heavy atom. The molecule has 226 valence electrons. The monoisotopic (exact) mass is 650 g/mol. The van der Waals surface area contributed by atoms with Crippen LogP contribution in [0.4, 0.5) is 5.69 Å². The highest BCUT2D eigenvalue weighted by Gasteiger charge is 2.38. The topological polar surface area (TPSA) is 97.1 Å². The van der Waals surface area contributed by atoms with Crippen LogP contribution in [-0.2, 0) is 37.4 Å². The lowest BCUT2D eigenvalue weighted by Gasteiger charge is -2.22. The first kappa shape index (κ1) is 31.3. The molecule has 2 heterocycles. The second-order valence-corrected chi connectivity index (χ2v) is 13.0. The SMILES string of the molecule is COC(=O)C1=C(C)N(c2ccc(Cl)cc2)/C(=C/c2ccc(CN(Cc3ccc(Cl)cc3)S(=O)(=O)c3ccc(C)cc3)o2)C1=O. The Hall–Kier alpha value is -4.15. The summed E-state index contributed by atoms with van der Waals surface area (Å²) in [6.45, 7) is 3.52. The summed E-state index contributed by atoms with van der Waals surface area (Å²) in [6, 6.07) is 23.7. The van der Waals surface area contributed by atoms with Gasteiger partial charge in [-0.3, -0.25) is 4.79 Å². The average Bonchev–Trinajstić information content (AvgIpc) is 3.54. The van der Waals surface area contributed by atoms with Gasteiger partial charge in [-0.25, -0.2) is 13.2 Å². The van der Waals surface area contributed by atoms with Crippen molar-refractivity contribution in [3.63, 3.8) is 0 Å². The standard InChI is InChI=1S/C33H28Cl2N2O6S/c1-21-4-16-29(17-5-21)44(40,41)36(19-23-6-8-24(34)9-7-23)20-28-15-14-27(43-28)18-30-32(38)31(33(39)42-3)22(2)37(30)26-12-10-25(35)11-13-26/h4-18H,19-20H2,1-3H3/b30-18+. The van der Waals surface area contributed by atoms with Crippen LogP contribution in [0.5, 0.6) is 0 Å². The molecule has 1 aromatic heterocycles. The number of ketones is 1. The van der Waals surface area contributed by atoms with Crippen molar-refractivity contribution in [1.29, 1.82) is 0 Å². The third-order valence-electron chi connectivity index (χ3n) is 7.10. The summed E-state index contributed by atoms with van der Waals surface area (Å²) in [4.78, 5) is 27.8. The van der Waals surface area contributed by atoms with Crippen LogP contribution < -0.4 is 4.90 Å². The molecular formula is C33H28Cl2N2O6S. The number of halogens is 2. The van der Waals surface area contributed by atoms with Crippen LogP contribution in [0.15, 0.2) is 111 Å². The molecular weight excluding hydrogens is 623 g/mol. The number of benzene rings is 3. The Bertz CT molecular complexity index is 1880. The van der Waals surface area contributed by atoms with Gasteiger partial charge in [0.05, 0.1) is 24.2 Å². The molecule has 0 saturated heterocycles. The largest absolute Gasteiger partial charge is 0.465 e. The molecule has 0 unspecified atom stereocenters. The van der Waals surface area contributed by atoms with Crippen molar-refractivity contribution in [3.05, 3.63) is 135 Å². The van der Waals surface area contributed by atoms with E-state index in [2.05, 4.69) is 0 Å². The zero-order valence-electron chi connectivity index (χ0n) is 24.1. The Morgan fingerprint density at radius 3 is 2.11 bits per heavy atom. The van der Waals surface area contributed by atoms with Gasteiger partial charge in [0.25, 0.3) is 0 Å². The molecule has 0 aliphatic carbocycles. The normalized spacial score (nSPS) is 14.6. The van der Waals surface area contributed by atoms with Crippen LogP contribution >= 0.6 is 23.2 Å². The van der Waals surface area contributed by atoms with E-state index in [0.29, 0.717) is 33.0 Å². The minimum Gasteiger partial charge on any atom is -0.465 e. The molecule has 1 aliphatic rings. The molecule has 0 bridgehead atoms. The lowest BCUT2D eigenvalue weighted by molar-refractivity contribution is -0.137. The number of hydrogen-bond donors (Lipinski definition) is 0. The summed E-state index contributed by atoms with van der Waals surface area (Å²) >= 11 is 12.1. The molecule has 11 heteroatoms. The van der Waals surface area contributed by atoms with Gasteiger partial charge in [0.2, 0.25) is 15.8 Å². The second kappa shape index (κ2) is 12.8. The fraction of sp³-hybridized carbons (Fsp3) is 0.152. The molecule has 0 N–H and O–H groups in total. The van der Waals surface area contributed by atoms with Gasteiger partial charge in [-0.2, -0.15) is 4.31 Å². The number of rotatable bonds is 9. The minimum atomic E-state index is -3.93. The van der Waals surface area contributed by atoms with Gasteiger partial charge < -0.3 is 14.1 Å². The lowest BCUT2D eigenvalue weighted by Crippen LogP contribution is -2.30. The van der Waals surface area contributed by atoms with Gasteiger partial charge in [-0.05, 0) is 80.1 Å². The van der Waals surface area contributed by atoms with Crippen LogP contribution in [0, 0.1) is 6.92 Å². The summed E-state index contributed by atoms with van der Waals surface area (Å²) in [5.74, 6) is -0.647. The van der Waals surface area contributed by atoms with E-state index < -0.39 is 21.8 Å². The molecule has 0 atom stereocenters. The van der Waals surface area contributed by atoms with E-state index in [0.717, 1.165) is 11.1 Å². The van der Waals surface area contributed by atoms with E-state index in [1.54, 1.807) is 96.8 Å². The summed E-state index contributed by atoms with van der Waals surface area (Å²) in [5.41, 5.74) is 2.74. The lowest BCUT2D eigenvalue weighted by atomic mass is 10.1. The van der Waals surface area contributed by atoms with Gasteiger partial charge in [-0.15, -0.1) is 0 Å². The summed E-state index contributed by atoms with van der Waals surface area (Å²) in [7, 11) is -2.72. The first-order chi connectivity index (χ1) is 21.0.